The normalized spacial score (nSPS) is 11.5. The zero-order valence-electron chi connectivity index (χ0n) is 23.3. The third-order valence-electron chi connectivity index (χ3n) is 6.81. The van der Waals surface area contributed by atoms with E-state index in [1.807, 2.05) is 30.3 Å². The Hall–Kier alpha value is -4.07. The largest absolute Gasteiger partial charge is 0.493 e. The zero-order chi connectivity index (χ0) is 30.1. The number of nitrogens with zero attached hydrogens (tertiary/aromatic N) is 1. The number of hydrogen-bond acceptors (Lipinski definition) is 4. The topological polar surface area (TPSA) is 67.9 Å². The summed E-state index contributed by atoms with van der Waals surface area (Å²) in [5.74, 6) is 0.00513. The number of methoxy groups -OCH3 is 2. The average molecular weight is 610 g/mol. The van der Waals surface area contributed by atoms with E-state index in [2.05, 4.69) is 5.32 Å². The highest BCUT2D eigenvalue weighted by molar-refractivity contribution is 6.35. The quantitative estimate of drug-likeness (QED) is 0.195. The first-order valence-electron chi connectivity index (χ1n) is 13.3. The Morgan fingerprint density at radius 2 is 1.52 bits per heavy atom. The van der Waals surface area contributed by atoms with Crippen molar-refractivity contribution < 1.29 is 23.5 Å². The lowest BCUT2D eigenvalue weighted by Gasteiger charge is -2.32. The maximum atomic E-state index is 14.0. The number of halogens is 3. The first kappa shape index (κ1) is 30.9. The Morgan fingerprint density at radius 3 is 2.19 bits per heavy atom. The Morgan fingerprint density at radius 1 is 0.833 bits per heavy atom. The van der Waals surface area contributed by atoms with Gasteiger partial charge in [0.1, 0.15) is 11.9 Å². The van der Waals surface area contributed by atoms with Crippen molar-refractivity contribution in [3.63, 3.8) is 0 Å². The van der Waals surface area contributed by atoms with Gasteiger partial charge < -0.3 is 19.7 Å². The summed E-state index contributed by atoms with van der Waals surface area (Å²) in [5.41, 5.74) is 2.94. The molecular formula is C33H31Cl2FN2O4. The van der Waals surface area contributed by atoms with Gasteiger partial charge in [-0.2, -0.15) is 0 Å². The van der Waals surface area contributed by atoms with Crippen LogP contribution in [0.5, 0.6) is 11.5 Å². The van der Waals surface area contributed by atoms with Crippen molar-refractivity contribution in [2.75, 3.05) is 14.2 Å². The lowest BCUT2D eigenvalue weighted by molar-refractivity contribution is -0.140. The molecule has 0 aliphatic rings. The standard InChI is InChI=1S/C33H31Cl2FN2O4/c1-41-30-15-10-24(17-31(30)42-2)18-32(39)38(21-23-8-13-27(36)14-9-23)29(16-22-6-4-3-5-7-22)33(40)37-20-25-11-12-26(34)19-28(25)35/h3-15,17,19,29H,16,18,20-21H2,1-2H3,(H,37,40)/t29-/m1/s1. The predicted octanol–water partition coefficient (Wildman–Crippen LogP) is 6.65. The number of benzene rings is 4. The van der Waals surface area contributed by atoms with Gasteiger partial charge in [-0.3, -0.25) is 9.59 Å². The minimum atomic E-state index is -0.879. The second-order valence-electron chi connectivity index (χ2n) is 9.67. The van der Waals surface area contributed by atoms with Crippen LogP contribution in [0.1, 0.15) is 22.3 Å². The van der Waals surface area contributed by atoms with Gasteiger partial charge in [-0.05, 0) is 58.7 Å². The molecule has 9 heteroatoms. The monoisotopic (exact) mass is 608 g/mol. The lowest BCUT2D eigenvalue weighted by atomic mass is 10.0. The number of rotatable bonds is 12. The summed E-state index contributed by atoms with van der Waals surface area (Å²) in [7, 11) is 3.06. The van der Waals surface area contributed by atoms with Crippen molar-refractivity contribution in [3.8, 4) is 11.5 Å². The van der Waals surface area contributed by atoms with Gasteiger partial charge in [0.05, 0.1) is 20.6 Å². The highest BCUT2D eigenvalue weighted by Crippen LogP contribution is 2.28. The van der Waals surface area contributed by atoms with E-state index in [4.69, 9.17) is 32.7 Å². The minimum absolute atomic E-state index is 0.00311. The molecule has 4 rings (SSSR count). The highest BCUT2D eigenvalue weighted by Gasteiger charge is 2.30. The molecule has 1 atom stereocenters. The van der Waals surface area contributed by atoms with Crippen LogP contribution >= 0.6 is 23.2 Å². The van der Waals surface area contributed by atoms with Gasteiger partial charge in [0, 0.05) is 29.6 Å². The summed E-state index contributed by atoms with van der Waals surface area (Å²) < 4.78 is 24.4. The summed E-state index contributed by atoms with van der Waals surface area (Å²) in [4.78, 5) is 29.4. The Balaban J connectivity index is 1.67. The summed E-state index contributed by atoms with van der Waals surface area (Å²) in [6, 6.07) is 24.8. The molecule has 0 aliphatic heterocycles. The van der Waals surface area contributed by atoms with Crippen molar-refractivity contribution in [1.29, 1.82) is 0 Å². The van der Waals surface area contributed by atoms with Crippen molar-refractivity contribution in [2.24, 2.45) is 0 Å². The van der Waals surface area contributed by atoms with Crippen LogP contribution in [-0.4, -0.2) is 37.0 Å². The minimum Gasteiger partial charge on any atom is -0.493 e. The molecule has 0 aliphatic carbocycles. The smallest absolute Gasteiger partial charge is 0.243 e. The fourth-order valence-electron chi connectivity index (χ4n) is 4.57. The van der Waals surface area contributed by atoms with Gasteiger partial charge in [-0.15, -0.1) is 0 Å². The van der Waals surface area contributed by atoms with E-state index < -0.39 is 6.04 Å². The summed E-state index contributed by atoms with van der Waals surface area (Å²) in [6.45, 7) is 0.243. The van der Waals surface area contributed by atoms with E-state index in [1.165, 1.54) is 31.3 Å². The van der Waals surface area contributed by atoms with Gasteiger partial charge in [-0.1, -0.05) is 77.8 Å². The molecule has 42 heavy (non-hydrogen) atoms. The Kier molecular flexibility index (Phi) is 10.8. The molecule has 4 aromatic rings. The third kappa shape index (κ3) is 8.24. The lowest BCUT2D eigenvalue weighted by Crippen LogP contribution is -2.50. The van der Waals surface area contributed by atoms with E-state index in [0.29, 0.717) is 38.2 Å². The fourth-order valence-corrected chi connectivity index (χ4v) is 5.05. The van der Waals surface area contributed by atoms with Crippen molar-refractivity contribution in [1.82, 2.24) is 10.2 Å². The van der Waals surface area contributed by atoms with Crippen molar-refractivity contribution in [3.05, 3.63) is 129 Å². The fraction of sp³-hybridized carbons (Fsp3) is 0.212. The van der Waals surface area contributed by atoms with Crippen LogP contribution in [0.4, 0.5) is 4.39 Å². The van der Waals surface area contributed by atoms with Crippen LogP contribution in [0.15, 0.2) is 91.0 Å². The van der Waals surface area contributed by atoms with Gasteiger partial charge in [0.2, 0.25) is 11.8 Å². The predicted molar refractivity (Wildman–Crippen MR) is 162 cm³/mol. The Labute approximate surface area is 255 Å². The molecule has 0 aromatic heterocycles. The molecule has 0 saturated carbocycles. The maximum absolute atomic E-state index is 14.0. The molecule has 2 amide bonds. The highest BCUT2D eigenvalue weighted by atomic mass is 35.5. The van der Waals surface area contributed by atoms with Crippen molar-refractivity contribution in [2.45, 2.75) is 32.0 Å². The molecular weight excluding hydrogens is 578 g/mol. The molecule has 0 radical (unpaired) electrons. The average Bonchev–Trinajstić information content (AvgIpc) is 2.99. The third-order valence-corrected chi connectivity index (χ3v) is 7.40. The SMILES string of the molecule is COc1ccc(CC(=O)N(Cc2ccc(F)cc2)[C@H](Cc2ccccc2)C(=O)NCc2ccc(Cl)cc2Cl)cc1OC. The first-order valence-corrected chi connectivity index (χ1v) is 14.0. The number of ether oxygens (including phenoxy) is 2. The Bertz CT molecular complexity index is 1520. The van der Waals surface area contributed by atoms with Crippen LogP contribution in [0.3, 0.4) is 0 Å². The van der Waals surface area contributed by atoms with E-state index in [0.717, 1.165) is 5.56 Å². The second-order valence-corrected chi connectivity index (χ2v) is 10.5. The van der Waals surface area contributed by atoms with Gasteiger partial charge in [0.15, 0.2) is 11.5 Å². The van der Waals surface area contributed by atoms with Crippen LogP contribution in [-0.2, 0) is 35.5 Å². The van der Waals surface area contributed by atoms with Crippen LogP contribution in [0, 0.1) is 5.82 Å². The molecule has 4 aromatic carbocycles. The van der Waals surface area contributed by atoms with Crippen molar-refractivity contribution >= 4 is 35.0 Å². The summed E-state index contributed by atoms with van der Waals surface area (Å²) in [6.07, 6.45) is 0.267. The van der Waals surface area contributed by atoms with E-state index in [1.54, 1.807) is 48.5 Å². The molecule has 0 heterocycles. The molecule has 0 fully saturated rings. The maximum Gasteiger partial charge on any atom is 0.243 e. The van der Waals surface area contributed by atoms with Gasteiger partial charge in [0.25, 0.3) is 0 Å². The molecule has 218 valence electrons. The molecule has 1 N–H and O–H groups in total. The van der Waals surface area contributed by atoms with Crippen LogP contribution < -0.4 is 14.8 Å². The zero-order valence-corrected chi connectivity index (χ0v) is 24.8. The molecule has 0 unspecified atom stereocenters. The van der Waals surface area contributed by atoms with Gasteiger partial charge in [-0.25, -0.2) is 4.39 Å². The van der Waals surface area contributed by atoms with E-state index >= 15 is 0 Å². The first-order chi connectivity index (χ1) is 20.3. The molecule has 0 saturated heterocycles. The van der Waals surface area contributed by atoms with Crippen LogP contribution in [0.25, 0.3) is 0 Å². The number of amides is 2. The summed E-state index contributed by atoms with van der Waals surface area (Å²) >= 11 is 12.4. The number of carbonyl (C=O) groups excluding carboxylic acids is 2. The molecule has 0 spiro atoms. The number of nitrogens with one attached hydrogen (secondary N) is 1. The van der Waals surface area contributed by atoms with E-state index in [9.17, 15) is 14.0 Å². The van der Waals surface area contributed by atoms with Crippen LogP contribution in [0.2, 0.25) is 10.0 Å². The number of carbonyl (C=O) groups is 2. The van der Waals surface area contributed by atoms with E-state index in [-0.39, 0.29) is 43.6 Å². The molecule has 6 nitrogen and oxygen atoms in total. The van der Waals surface area contributed by atoms with Gasteiger partial charge >= 0.3 is 0 Å². The molecule has 0 bridgehead atoms. The second kappa shape index (κ2) is 14.7. The summed E-state index contributed by atoms with van der Waals surface area (Å²) in [5, 5.41) is 3.87. The number of hydrogen-bond donors (Lipinski definition) is 1.